The molecule has 0 spiro atoms. The minimum absolute atomic E-state index is 0. The van der Waals surface area contributed by atoms with Gasteiger partial charge in [0.2, 0.25) is 0 Å². The first-order chi connectivity index (χ1) is 12.8. The molecule has 0 N–H and O–H groups in total. The Hall–Kier alpha value is -0.153. The Morgan fingerprint density at radius 3 is 1.45 bits per heavy atom. The molecule has 2 aliphatic carbocycles. The molecule has 0 amide bonds. The van der Waals surface area contributed by atoms with Crippen molar-refractivity contribution in [2.45, 2.75) is 61.4 Å². The first-order valence-corrected chi connectivity index (χ1v) is 21.5. The Kier molecular flexibility index (Phi) is 10.1. The Morgan fingerprint density at radius 2 is 1.10 bits per heavy atom. The molecule has 0 nitrogen and oxygen atoms in total. The molecule has 158 valence electrons. The molecule has 1 aromatic rings. The number of benzene rings is 1. The summed E-state index contributed by atoms with van der Waals surface area (Å²) in [7, 11) is 0. The van der Waals surface area contributed by atoms with E-state index in [2.05, 4.69) is 85.7 Å². The normalized spacial score (nSPS) is 21.5. The Balaban J connectivity index is 0.00000210. The molecule has 0 bridgehead atoms. The summed E-state index contributed by atoms with van der Waals surface area (Å²) in [6.45, 7) is 19.3. The van der Waals surface area contributed by atoms with Crippen LogP contribution in [0.15, 0.2) is 70.4 Å². The predicted octanol–water partition coefficient (Wildman–Crippen LogP) is 7.52. The van der Waals surface area contributed by atoms with Crippen molar-refractivity contribution in [1.29, 1.82) is 0 Å². The zero-order valence-corrected chi connectivity index (χ0v) is 25.5. The smallest absolute Gasteiger partial charge is 0.147 e. The molecular formula is C25H36Cl2HfSi. The van der Waals surface area contributed by atoms with Crippen molar-refractivity contribution < 1.29 is 20.1 Å². The standard InChI is InChI=1S/2C9H13.C7H8Si.2ClH.Hf/c2*1-6-5-7(2)9(4)8(6)3;8-6-7-4-2-1-3-5-7;;;/h2*6H,1-4H3;1-5,8H,6H2;2*1H;. The van der Waals surface area contributed by atoms with Gasteiger partial charge in [-0.25, -0.2) is 0 Å². The molecule has 3 rings (SSSR count). The van der Waals surface area contributed by atoms with E-state index in [1.54, 1.807) is 39.0 Å². The van der Waals surface area contributed by atoms with E-state index in [1.165, 1.54) is 6.04 Å². The van der Waals surface area contributed by atoms with Gasteiger partial charge in [0, 0.05) is 0 Å². The van der Waals surface area contributed by atoms with Gasteiger partial charge >= 0.3 is 176 Å². The molecule has 0 saturated heterocycles. The van der Waals surface area contributed by atoms with Crippen molar-refractivity contribution in [2.75, 3.05) is 0 Å². The first-order valence-electron chi connectivity index (χ1n) is 10.3. The summed E-state index contributed by atoms with van der Waals surface area (Å²) in [5, 5.41) is 0. The number of rotatable bonds is 4. The molecule has 1 aromatic carbocycles. The SMILES string of the molecule is CC1=C(C)C(C)[C]([Hf](=[SiH]Cc2ccccc2)[C]2=C(C)C(C)=C(C)C2C)=C1C.Cl.Cl. The van der Waals surface area contributed by atoms with E-state index in [0.717, 1.165) is 0 Å². The third kappa shape index (κ3) is 5.02. The second kappa shape index (κ2) is 10.9. The van der Waals surface area contributed by atoms with Crippen molar-refractivity contribution in [3.8, 4) is 0 Å². The van der Waals surface area contributed by atoms with Crippen LogP contribution in [0.5, 0.6) is 0 Å². The van der Waals surface area contributed by atoms with Gasteiger partial charge in [0.05, 0.1) is 0 Å². The molecule has 0 heterocycles. The molecule has 2 aliphatic rings. The quantitative estimate of drug-likeness (QED) is 0.308. The van der Waals surface area contributed by atoms with E-state index < -0.39 is 20.1 Å². The van der Waals surface area contributed by atoms with Gasteiger partial charge in [0.1, 0.15) is 0 Å². The summed E-state index contributed by atoms with van der Waals surface area (Å²) in [6, 6.07) is 12.5. The van der Waals surface area contributed by atoms with Crippen LogP contribution >= 0.6 is 24.8 Å². The summed E-state index contributed by atoms with van der Waals surface area (Å²) < 4.78 is 3.87. The zero-order chi connectivity index (χ0) is 19.9. The molecule has 0 aliphatic heterocycles. The number of hydrogen-bond acceptors (Lipinski definition) is 0. The predicted molar refractivity (Wildman–Crippen MR) is 132 cm³/mol. The summed E-state index contributed by atoms with van der Waals surface area (Å²) in [5.41, 5.74) is 11.3. The summed E-state index contributed by atoms with van der Waals surface area (Å²) in [5.74, 6) is 1.37. The van der Waals surface area contributed by atoms with Crippen molar-refractivity contribution >= 4 is 31.0 Å². The summed E-state index contributed by atoms with van der Waals surface area (Å²) in [4.78, 5) is 0. The van der Waals surface area contributed by atoms with Gasteiger partial charge in [0.15, 0.2) is 0 Å². The zero-order valence-electron chi connectivity index (χ0n) is 19.1. The van der Waals surface area contributed by atoms with Crippen LogP contribution in [0.2, 0.25) is 0 Å². The van der Waals surface area contributed by atoms with E-state index >= 15 is 0 Å². The fraction of sp³-hybridized carbons (Fsp3) is 0.440. The van der Waals surface area contributed by atoms with E-state index in [4.69, 9.17) is 0 Å². The Bertz CT molecular complexity index is 879. The molecule has 0 saturated carbocycles. The fourth-order valence-corrected chi connectivity index (χ4v) is 33.3. The minimum atomic E-state index is -2.08. The van der Waals surface area contributed by atoms with Crippen molar-refractivity contribution in [3.63, 3.8) is 0 Å². The van der Waals surface area contributed by atoms with Crippen LogP contribution in [0.1, 0.15) is 61.0 Å². The van der Waals surface area contributed by atoms with E-state index in [0.29, 0.717) is 18.1 Å². The molecule has 2 atom stereocenters. The fourth-order valence-electron chi connectivity index (χ4n) is 4.80. The largest absolute Gasteiger partial charge is 0.147 e. The molecule has 0 fully saturated rings. The third-order valence-electron chi connectivity index (χ3n) is 7.25. The van der Waals surface area contributed by atoms with Crippen LogP contribution in [-0.2, 0) is 26.1 Å². The monoisotopic (exact) mass is 614 g/mol. The molecular weight excluding hydrogens is 578 g/mol. The van der Waals surface area contributed by atoms with Gasteiger partial charge in [-0.3, -0.25) is 0 Å². The van der Waals surface area contributed by atoms with Gasteiger partial charge in [0.25, 0.3) is 0 Å². The van der Waals surface area contributed by atoms with Crippen LogP contribution in [-0.4, -0.2) is 6.22 Å². The number of allylic oxidation sites excluding steroid dienone is 8. The van der Waals surface area contributed by atoms with Crippen LogP contribution in [0.3, 0.4) is 0 Å². The van der Waals surface area contributed by atoms with E-state index in [-0.39, 0.29) is 24.8 Å². The average molecular weight is 614 g/mol. The third-order valence-corrected chi connectivity index (χ3v) is 30.0. The molecule has 29 heavy (non-hydrogen) atoms. The van der Waals surface area contributed by atoms with Gasteiger partial charge in [-0.1, -0.05) is 0 Å². The number of hydrogen-bond donors (Lipinski definition) is 0. The Labute approximate surface area is 199 Å². The minimum Gasteiger partial charge on any atom is -0.147 e. The van der Waals surface area contributed by atoms with Crippen LogP contribution < -0.4 is 0 Å². The van der Waals surface area contributed by atoms with E-state index in [1.807, 2.05) is 6.66 Å². The second-order valence-electron chi connectivity index (χ2n) is 8.44. The van der Waals surface area contributed by atoms with Gasteiger partial charge in [-0.2, -0.15) is 0 Å². The van der Waals surface area contributed by atoms with Crippen LogP contribution in [0.4, 0.5) is 0 Å². The maximum absolute atomic E-state index is 2.49. The van der Waals surface area contributed by atoms with Crippen LogP contribution in [0, 0.1) is 11.8 Å². The van der Waals surface area contributed by atoms with Crippen LogP contribution in [0.25, 0.3) is 0 Å². The Morgan fingerprint density at radius 1 is 0.690 bits per heavy atom. The van der Waals surface area contributed by atoms with Gasteiger partial charge in [-0.15, -0.1) is 24.8 Å². The topological polar surface area (TPSA) is 0 Å². The second-order valence-corrected chi connectivity index (χ2v) is 25.2. The van der Waals surface area contributed by atoms with Gasteiger partial charge in [-0.05, 0) is 0 Å². The summed E-state index contributed by atoms with van der Waals surface area (Å²) >= 11 is -2.08. The first kappa shape index (κ1) is 26.9. The maximum atomic E-state index is 2.49. The molecule has 2 unspecified atom stereocenters. The van der Waals surface area contributed by atoms with Crippen molar-refractivity contribution in [1.82, 2.24) is 0 Å². The summed E-state index contributed by atoms with van der Waals surface area (Å²) in [6.07, 6.45) is 0.505. The van der Waals surface area contributed by atoms with Crippen molar-refractivity contribution in [3.05, 3.63) is 76.0 Å². The van der Waals surface area contributed by atoms with Crippen molar-refractivity contribution in [2.24, 2.45) is 11.8 Å². The maximum Gasteiger partial charge on any atom is -0.147 e. The molecule has 0 radical (unpaired) electrons. The average Bonchev–Trinajstić information content (AvgIpc) is 2.98. The van der Waals surface area contributed by atoms with Gasteiger partial charge < -0.3 is 0 Å². The number of halogens is 2. The van der Waals surface area contributed by atoms with E-state index in [9.17, 15) is 0 Å². The molecule has 0 aromatic heterocycles. The molecule has 4 heteroatoms.